The van der Waals surface area contributed by atoms with Crippen molar-refractivity contribution < 1.29 is 0 Å². The maximum atomic E-state index is 4.78. The Kier molecular flexibility index (Phi) is 4.21. The van der Waals surface area contributed by atoms with Gasteiger partial charge in [-0.05, 0) is 40.3 Å². The van der Waals surface area contributed by atoms with E-state index < -0.39 is 0 Å². The average molecular weight is 396 g/mol. The fraction of sp³-hybridized carbons (Fsp3) is 0.0345. The quantitative estimate of drug-likeness (QED) is 0.322. The number of hydrogen-bond acceptors (Lipinski definition) is 2. The Hall–Kier alpha value is -4.04. The van der Waals surface area contributed by atoms with Gasteiger partial charge in [0.15, 0.2) is 0 Å². The van der Waals surface area contributed by atoms with Gasteiger partial charge in [0.25, 0.3) is 0 Å². The lowest BCUT2D eigenvalue weighted by atomic mass is 9.92. The molecule has 0 N–H and O–H groups in total. The highest BCUT2D eigenvalue weighted by Crippen LogP contribution is 2.51. The summed E-state index contributed by atoms with van der Waals surface area (Å²) < 4.78 is 0. The summed E-state index contributed by atoms with van der Waals surface area (Å²) in [5, 5.41) is 2.40. The van der Waals surface area contributed by atoms with Gasteiger partial charge < -0.3 is 0 Å². The van der Waals surface area contributed by atoms with Crippen LogP contribution in [-0.4, -0.2) is 9.97 Å². The standard InChI is InChI=1S/C29H20N2/c1-2-10-21-20(9-1)16-18-31-29(21)25-14-6-4-12-23(25)27-19-26(27)22-11-3-5-13-24(22)28-15-7-8-17-30-28/h1-19,27H. The van der Waals surface area contributed by atoms with Crippen molar-refractivity contribution in [2.24, 2.45) is 0 Å². The predicted octanol–water partition coefficient (Wildman–Crippen LogP) is 7.14. The van der Waals surface area contributed by atoms with Gasteiger partial charge in [-0.1, -0.05) is 84.9 Å². The van der Waals surface area contributed by atoms with Crippen LogP contribution in [0.2, 0.25) is 0 Å². The molecule has 146 valence electrons. The Labute approximate surface area is 181 Å². The summed E-state index contributed by atoms with van der Waals surface area (Å²) in [6.45, 7) is 0. The molecule has 1 aliphatic carbocycles. The van der Waals surface area contributed by atoms with Crippen molar-refractivity contribution in [3.63, 3.8) is 0 Å². The summed E-state index contributed by atoms with van der Waals surface area (Å²) in [5.41, 5.74) is 8.35. The first kappa shape index (κ1) is 17.8. The van der Waals surface area contributed by atoms with Gasteiger partial charge in [-0.15, -0.1) is 0 Å². The van der Waals surface area contributed by atoms with Gasteiger partial charge in [-0.3, -0.25) is 9.97 Å². The third-order valence-electron chi connectivity index (χ3n) is 5.98. The van der Waals surface area contributed by atoms with Crippen LogP contribution in [0, 0.1) is 0 Å². The minimum atomic E-state index is 0.293. The summed E-state index contributed by atoms with van der Waals surface area (Å²) in [6, 6.07) is 33.8. The zero-order chi connectivity index (χ0) is 20.6. The molecule has 6 rings (SSSR count). The summed E-state index contributed by atoms with van der Waals surface area (Å²) in [4.78, 5) is 9.36. The van der Waals surface area contributed by atoms with E-state index in [9.17, 15) is 0 Å². The second-order valence-electron chi connectivity index (χ2n) is 7.83. The molecule has 31 heavy (non-hydrogen) atoms. The van der Waals surface area contributed by atoms with Crippen LogP contribution < -0.4 is 0 Å². The number of allylic oxidation sites excluding steroid dienone is 2. The molecule has 0 aliphatic heterocycles. The Balaban J connectivity index is 1.42. The number of benzene rings is 3. The van der Waals surface area contributed by atoms with E-state index in [0.29, 0.717) is 5.92 Å². The molecule has 0 saturated carbocycles. The van der Waals surface area contributed by atoms with Gasteiger partial charge >= 0.3 is 0 Å². The molecule has 0 saturated heterocycles. The maximum absolute atomic E-state index is 4.78. The van der Waals surface area contributed by atoms with Gasteiger partial charge in [0.1, 0.15) is 0 Å². The minimum absolute atomic E-state index is 0.293. The molecule has 2 nitrogen and oxygen atoms in total. The van der Waals surface area contributed by atoms with Crippen molar-refractivity contribution in [1.82, 2.24) is 9.97 Å². The highest BCUT2D eigenvalue weighted by molar-refractivity contribution is 5.98. The maximum Gasteiger partial charge on any atom is 0.0783 e. The van der Waals surface area contributed by atoms with Gasteiger partial charge in [0.2, 0.25) is 0 Å². The number of fused-ring (bicyclic) bond motifs is 1. The fourth-order valence-corrected chi connectivity index (χ4v) is 4.44. The summed E-state index contributed by atoms with van der Waals surface area (Å²) in [7, 11) is 0. The van der Waals surface area contributed by atoms with Crippen molar-refractivity contribution in [2.75, 3.05) is 0 Å². The topological polar surface area (TPSA) is 25.8 Å². The van der Waals surface area contributed by atoms with E-state index in [-0.39, 0.29) is 0 Å². The van der Waals surface area contributed by atoms with Crippen LogP contribution in [0.1, 0.15) is 17.0 Å². The number of aromatic nitrogens is 2. The molecule has 1 aliphatic rings. The Morgan fingerprint density at radius 1 is 0.548 bits per heavy atom. The van der Waals surface area contributed by atoms with Crippen LogP contribution in [0.25, 0.3) is 38.9 Å². The van der Waals surface area contributed by atoms with E-state index in [1.54, 1.807) is 0 Å². The van der Waals surface area contributed by atoms with E-state index in [1.807, 2.05) is 24.5 Å². The second-order valence-corrected chi connectivity index (χ2v) is 7.83. The summed E-state index contributed by atoms with van der Waals surface area (Å²) in [5.74, 6) is 0.293. The zero-order valence-corrected chi connectivity index (χ0v) is 16.9. The Morgan fingerprint density at radius 2 is 1.29 bits per heavy atom. The minimum Gasteiger partial charge on any atom is -0.256 e. The number of hydrogen-bond donors (Lipinski definition) is 0. The van der Waals surface area contributed by atoms with Crippen molar-refractivity contribution in [2.45, 2.75) is 5.92 Å². The third-order valence-corrected chi connectivity index (χ3v) is 5.98. The first-order valence-electron chi connectivity index (χ1n) is 10.6. The second kappa shape index (κ2) is 7.33. The van der Waals surface area contributed by atoms with Gasteiger partial charge in [0, 0.05) is 34.8 Å². The van der Waals surface area contributed by atoms with Gasteiger partial charge in [0.05, 0.1) is 11.4 Å². The van der Waals surface area contributed by atoms with Crippen LogP contribution in [-0.2, 0) is 0 Å². The van der Waals surface area contributed by atoms with Crippen LogP contribution in [0.3, 0.4) is 0 Å². The largest absolute Gasteiger partial charge is 0.256 e. The molecule has 3 aromatic carbocycles. The fourth-order valence-electron chi connectivity index (χ4n) is 4.44. The van der Waals surface area contributed by atoms with Crippen molar-refractivity contribution in [3.8, 4) is 22.5 Å². The average Bonchev–Trinajstić information content (AvgIpc) is 3.65. The van der Waals surface area contributed by atoms with Crippen molar-refractivity contribution in [1.29, 1.82) is 0 Å². The Bertz CT molecular complexity index is 1430. The molecular formula is C29H20N2. The van der Waals surface area contributed by atoms with E-state index in [1.165, 1.54) is 38.6 Å². The predicted molar refractivity (Wildman–Crippen MR) is 128 cm³/mol. The van der Waals surface area contributed by atoms with E-state index >= 15 is 0 Å². The number of pyridine rings is 2. The van der Waals surface area contributed by atoms with Gasteiger partial charge in [-0.2, -0.15) is 0 Å². The lowest BCUT2D eigenvalue weighted by molar-refractivity contribution is 1.22. The first-order chi connectivity index (χ1) is 15.4. The third kappa shape index (κ3) is 3.13. The molecule has 2 heterocycles. The van der Waals surface area contributed by atoms with Crippen LogP contribution in [0.5, 0.6) is 0 Å². The first-order valence-corrected chi connectivity index (χ1v) is 10.6. The molecule has 0 spiro atoms. The zero-order valence-electron chi connectivity index (χ0n) is 16.9. The smallest absolute Gasteiger partial charge is 0.0783 e. The van der Waals surface area contributed by atoms with Gasteiger partial charge in [-0.25, -0.2) is 0 Å². The van der Waals surface area contributed by atoms with Crippen LogP contribution >= 0.6 is 0 Å². The number of nitrogens with zero attached hydrogens (tertiary/aromatic N) is 2. The van der Waals surface area contributed by atoms with E-state index in [0.717, 1.165) is 11.4 Å². The number of rotatable bonds is 4. The van der Waals surface area contributed by atoms with Crippen LogP contribution in [0.4, 0.5) is 0 Å². The molecule has 0 amide bonds. The highest BCUT2D eigenvalue weighted by Gasteiger charge is 2.31. The van der Waals surface area contributed by atoms with Crippen molar-refractivity contribution >= 4 is 16.3 Å². The molecule has 1 unspecified atom stereocenters. The Morgan fingerprint density at radius 3 is 2.16 bits per heavy atom. The molecule has 1 atom stereocenters. The lowest BCUT2D eigenvalue weighted by Crippen LogP contribution is -1.94. The SMILES string of the molecule is C1=C(c2ccccc2-c2ccccn2)C1c1ccccc1-c1nccc2ccccc12. The summed E-state index contributed by atoms with van der Waals surface area (Å²) in [6.07, 6.45) is 6.12. The molecule has 2 aromatic heterocycles. The molecule has 0 fully saturated rings. The van der Waals surface area contributed by atoms with E-state index in [4.69, 9.17) is 4.98 Å². The molecule has 2 heteroatoms. The van der Waals surface area contributed by atoms with E-state index in [2.05, 4.69) is 96.0 Å². The normalized spacial score (nSPS) is 15.0. The lowest BCUT2D eigenvalue weighted by Gasteiger charge is -2.13. The molecule has 0 bridgehead atoms. The molecule has 5 aromatic rings. The highest BCUT2D eigenvalue weighted by atomic mass is 14.7. The van der Waals surface area contributed by atoms with Crippen molar-refractivity contribution in [3.05, 3.63) is 127 Å². The molecule has 0 radical (unpaired) electrons. The molecular weight excluding hydrogens is 376 g/mol. The summed E-state index contributed by atoms with van der Waals surface area (Å²) >= 11 is 0. The van der Waals surface area contributed by atoms with Crippen LogP contribution in [0.15, 0.2) is 116 Å². The monoisotopic (exact) mass is 396 g/mol.